The van der Waals surface area contributed by atoms with Crippen molar-refractivity contribution in [1.29, 1.82) is 0 Å². The Morgan fingerprint density at radius 1 is 1.03 bits per heavy atom. The summed E-state index contributed by atoms with van der Waals surface area (Å²) in [6.45, 7) is 2.61. The zero-order valence-electron chi connectivity index (χ0n) is 17.3. The van der Waals surface area contributed by atoms with Crippen molar-refractivity contribution in [1.82, 2.24) is 9.88 Å². The van der Waals surface area contributed by atoms with Crippen molar-refractivity contribution in [3.05, 3.63) is 71.4 Å². The third-order valence-corrected chi connectivity index (χ3v) is 5.44. The molecule has 0 aliphatic rings. The SMILES string of the molecule is CCCCCNC(=O)CC(c1ccccc1C(F)(F)F)c1cn(C)c2ccccc12. The smallest absolute Gasteiger partial charge is 0.356 e. The van der Waals surface area contributed by atoms with E-state index in [4.69, 9.17) is 0 Å². The molecule has 1 amide bonds. The first-order chi connectivity index (χ1) is 14.3. The van der Waals surface area contributed by atoms with Crippen LogP contribution in [-0.2, 0) is 18.0 Å². The number of benzene rings is 2. The number of carbonyl (C=O) groups excluding carboxylic acids is 1. The average Bonchev–Trinajstić information content (AvgIpc) is 3.05. The van der Waals surface area contributed by atoms with Crippen LogP contribution in [0.1, 0.15) is 55.2 Å². The number of nitrogens with zero attached hydrogens (tertiary/aromatic N) is 1. The number of fused-ring (bicyclic) bond motifs is 1. The number of alkyl halides is 3. The Morgan fingerprint density at radius 3 is 2.47 bits per heavy atom. The second-order valence-corrected chi connectivity index (χ2v) is 7.61. The third kappa shape index (κ3) is 4.86. The minimum Gasteiger partial charge on any atom is -0.356 e. The monoisotopic (exact) mass is 416 g/mol. The molecule has 0 saturated heterocycles. The molecular formula is C24H27F3N2O. The van der Waals surface area contributed by atoms with Crippen molar-refractivity contribution in [3.63, 3.8) is 0 Å². The van der Waals surface area contributed by atoms with Crippen LogP contribution in [0.5, 0.6) is 0 Å². The number of hydrogen-bond donors (Lipinski definition) is 1. The van der Waals surface area contributed by atoms with Crippen LogP contribution in [0.15, 0.2) is 54.7 Å². The van der Waals surface area contributed by atoms with Gasteiger partial charge in [0.1, 0.15) is 0 Å². The van der Waals surface area contributed by atoms with Gasteiger partial charge in [0, 0.05) is 43.0 Å². The molecule has 0 spiro atoms. The van der Waals surface area contributed by atoms with E-state index in [0.29, 0.717) is 6.54 Å². The highest BCUT2D eigenvalue weighted by atomic mass is 19.4. The summed E-state index contributed by atoms with van der Waals surface area (Å²) >= 11 is 0. The predicted octanol–water partition coefficient (Wildman–Crippen LogP) is 6.03. The molecule has 3 aromatic rings. The lowest BCUT2D eigenvalue weighted by Gasteiger charge is -2.21. The standard InChI is InChI=1S/C24H27F3N2O/c1-3-4-9-14-28-23(30)15-19(17-10-5-7-12-21(17)24(25,26)27)20-16-29(2)22-13-8-6-11-18(20)22/h5-8,10-13,16,19H,3-4,9,14-15H2,1-2H3,(H,28,30). The maximum atomic E-state index is 13.8. The molecule has 1 heterocycles. The minimum atomic E-state index is -4.49. The summed E-state index contributed by atoms with van der Waals surface area (Å²) in [6, 6.07) is 13.1. The normalized spacial score (nSPS) is 12.8. The zero-order valence-corrected chi connectivity index (χ0v) is 17.3. The molecule has 2 aromatic carbocycles. The van der Waals surface area contributed by atoms with Gasteiger partial charge in [-0.1, -0.05) is 56.2 Å². The summed E-state index contributed by atoms with van der Waals surface area (Å²) in [5.41, 5.74) is 1.09. The number of carbonyl (C=O) groups is 1. The van der Waals surface area contributed by atoms with Gasteiger partial charge in [-0.25, -0.2) is 0 Å². The van der Waals surface area contributed by atoms with Crippen LogP contribution in [0.2, 0.25) is 0 Å². The molecule has 1 N–H and O–H groups in total. The molecule has 3 nitrogen and oxygen atoms in total. The first-order valence-corrected chi connectivity index (χ1v) is 10.3. The van der Waals surface area contributed by atoms with E-state index >= 15 is 0 Å². The van der Waals surface area contributed by atoms with E-state index in [0.717, 1.165) is 41.8 Å². The average molecular weight is 416 g/mol. The van der Waals surface area contributed by atoms with E-state index in [1.807, 2.05) is 42.1 Å². The Bertz CT molecular complexity index is 1010. The first-order valence-electron chi connectivity index (χ1n) is 10.3. The number of unbranched alkanes of at least 4 members (excludes halogenated alkanes) is 2. The summed E-state index contributed by atoms with van der Waals surface area (Å²) < 4.78 is 43.2. The summed E-state index contributed by atoms with van der Waals surface area (Å²) in [7, 11) is 1.86. The van der Waals surface area contributed by atoms with Crippen LogP contribution < -0.4 is 5.32 Å². The van der Waals surface area contributed by atoms with Gasteiger partial charge in [-0.15, -0.1) is 0 Å². The number of para-hydroxylation sites is 1. The minimum absolute atomic E-state index is 0.0345. The fraction of sp³-hybridized carbons (Fsp3) is 0.375. The third-order valence-electron chi connectivity index (χ3n) is 5.44. The molecule has 1 aromatic heterocycles. The molecule has 0 aliphatic carbocycles. The Kier molecular flexibility index (Phi) is 6.85. The molecule has 160 valence electrons. The number of nitrogens with one attached hydrogen (secondary N) is 1. The maximum Gasteiger partial charge on any atom is 0.416 e. The van der Waals surface area contributed by atoms with Gasteiger partial charge in [0.05, 0.1) is 5.56 Å². The second-order valence-electron chi connectivity index (χ2n) is 7.61. The van der Waals surface area contributed by atoms with E-state index in [9.17, 15) is 18.0 Å². The molecule has 0 aliphatic heterocycles. The van der Waals surface area contributed by atoms with Gasteiger partial charge in [0.25, 0.3) is 0 Å². The number of aryl methyl sites for hydroxylation is 1. The van der Waals surface area contributed by atoms with Crippen LogP contribution in [0.3, 0.4) is 0 Å². The Balaban J connectivity index is 2.03. The number of aromatic nitrogens is 1. The van der Waals surface area contributed by atoms with Crippen molar-refractivity contribution >= 4 is 16.8 Å². The molecule has 1 unspecified atom stereocenters. The van der Waals surface area contributed by atoms with Crippen molar-refractivity contribution in [3.8, 4) is 0 Å². The van der Waals surface area contributed by atoms with Gasteiger partial charge in [0.15, 0.2) is 0 Å². The topological polar surface area (TPSA) is 34.0 Å². The molecule has 6 heteroatoms. The second kappa shape index (κ2) is 9.37. The molecule has 1 atom stereocenters. The van der Waals surface area contributed by atoms with E-state index < -0.39 is 17.7 Å². The summed E-state index contributed by atoms with van der Waals surface area (Å²) in [5, 5.41) is 3.74. The summed E-state index contributed by atoms with van der Waals surface area (Å²) in [6.07, 6.45) is 0.217. The van der Waals surface area contributed by atoms with Crippen molar-refractivity contribution < 1.29 is 18.0 Å². The summed E-state index contributed by atoms with van der Waals surface area (Å²) in [4.78, 5) is 12.7. The fourth-order valence-electron chi connectivity index (χ4n) is 3.96. The van der Waals surface area contributed by atoms with E-state index in [2.05, 4.69) is 12.2 Å². The lowest BCUT2D eigenvalue weighted by molar-refractivity contribution is -0.138. The van der Waals surface area contributed by atoms with Crippen molar-refractivity contribution in [2.45, 2.75) is 44.7 Å². The van der Waals surface area contributed by atoms with Crippen LogP contribution in [0.4, 0.5) is 13.2 Å². The Morgan fingerprint density at radius 2 is 1.73 bits per heavy atom. The lowest BCUT2D eigenvalue weighted by atomic mass is 9.85. The van der Waals surface area contributed by atoms with Crippen molar-refractivity contribution in [2.24, 2.45) is 7.05 Å². The molecule has 0 saturated carbocycles. The molecule has 0 bridgehead atoms. The molecule has 3 rings (SSSR count). The molecule has 0 radical (unpaired) electrons. The predicted molar refractivity (Wildman–Crippen MR) is 113 cm³/mol. The van der Waals surface area contributed by atoms with Gasteiger partial charge in [-0.2, -0.15) is 13.2 Å². The van der Waals surface area contributed by atoms with Crippen LogP contribution in [-0.4, -0.2) is 17.0 Å². The fourth-order valence-corrected chi connectivity index (χ4v) is 3.96. The highest BCUT2D eigenvalue weighted by Crippen LogP contribution is 2.41. The van der Waals surface area contributed by atoms with Gasteiger partial charge in [0.2, 0.25) is 5.91 Å². The van der Waals surface area contributed by atoms with Gasteiger partial charge in [-0.05, 0) is 29.7 Å². The van der Waals surface area contributed by atoms with E-state index in [1.165, 1.54) is 12.1 Å². The van der Waals surface area contributed by atoms with Gasteiger partial charge >= 0.3 is 6.18 Å². The van der Waals surface area contributed by atoms with Gasteiger partial charge < -0.3 is 9.88 Å². The lowest BCUT2D eigenvalue weighted by Crippen LogP contribution is -2.27. The van der Waals surface area contributed by atoms with Crippen LogP contribution in [0, 0.1) is 0 Å². The Labute approximate surface area is 174 Å². The number of rotatable bonds is 8. The first kappa shape index (κ1) is 21.9. The molecule has 30 heavy (non-hydrogen) atoms. The molecular weight excluding hydrogens is 389 g/mol. The largest absolute Gasteiger partial charge is 0.416 e. The number of amides is 1. The highest BCUT2D eigenvalue weighted by molar-refractivity contribution is 5.86. The quantitative estimate of drug-likeness (QED) is 0.447. The highest BCUT2D eigenvalue weighted by Gasteiger charge is 2.36. The molecule has 0 fully saturated rings. The summed E-state index contributed by atoms with van der Waals surface area (Å²) in [5.74, 6) is -0.930. The Hall–Kier alpha value is -2.76. The van der Waals surface area contributed by atoms with Crippen LogP contribution >= 0.6 is 0 Å². The van der Waals surface area contributed by atoms with Gasteiger partial charge in [-0.3, -0.25) is 4.79 Å². The van der Waals surface area contributed by atoms with E-state index in [1.54, 1.807) is 6.07 Å². The maximum absolute atomic E-state index is 13.8. The number of hydrogen-bond acceptors (Lipinski definition) is 1. The van der Waals surface area contributed by atoms with E-state index in [-0.39, 0.29) is 17.9 Å². The zero-order chi connectivity index (χ0) is 21.7. The van der Waals surface area contributed by atoms with Crippen LogP contribution in [0.25, 0.3) is 10.9 Å². The number of halogens is 3. The van der Waals surface area contributed by atoms with Crippen molar-refractivity contribution in [2.75, 3.05) is 6.54 Å².